The summed E-state index contributed by atoms with van der Waals surface area (Å²) in [6.07, 6.45) is -3.64. The summed E-state index contributed by atoms with van der Waals surface area (Å²) in [7, 11) is 0. The number of nitrogens with zero attached hydrogens (tertiary/aromatic N) is 6. The highest BCUT2D eigenvalue weighted by molar-refractivity contribution is 5.88. The lowest BCUT2D eigenvalue weighted by Gasteiger charge is -2.39. The summed E-state index contributed by atoms with van der Waals surface area (Å²) < 4.78 is 60.7. The van der Waals surface area contributed by atoms with Crippen molar-refractivity contribution in [1.29, 1.82) is 0 Å². The summed E-state index contributed by atoms with van der Waals surface area (Å²) in [5.41, 5.74) is -0.614. The van der Waals surface area contributed by atoms with Crippen LogP contribution in [0.25, 0.3) is 0 Å². The van der Waals surface area contributed by atoms with Crippen molar-refractivity contribution >= 4 is 29.1 Å². The van der Waals surface area contributed by atoms with Crippen molar-refractivity contribution in [3.8, 4) is 0 Å². The third-order valence-electron chi connectivity index (χ3n) is 7.56. The fraction of sp³-hybridized carbons (Fsp3) is 0.577. The molecule has 0 aromatic carbocycles. The van der Waals surface area contributed by atoms with Crippen LogP contribution in [-0.2, 0) is 10.9 Å². The van der Waals surface area contributed by atoms with Gasteiger partial charge in [0.05, 0.1) is 30.4 Å². The number of alkyl halides is 4. The number of halogens is 4. The van der Waals surface area contributed by atoms with Crippen molar-refractivity contribution in [3.63, 3.8) is 0 Å². The van der Waals surface area contributed by atoms with Crippen molar-refractivity contribution in [2.75, 3.05) is 78.6 Å². The molecule has 0 unspecified atom stereocenters. The molecule has 0 amide bonds. The summed E-state index contributed by atoms with van der Waals surface area (Å²) in [4.78, 5) is 28.0. The molecule has 5 rings (SSSR count). The zero-order chi connectivity index (χ0) is 27.7. The second-order valence-corrected chi connectivity index (χ2v) is 10.2. The lowest BCUT2D eigenvalue weighted by molar-refractivity contribution is -0.137. The van der Waals surface area contributed by atoms with Gasteiger partial charge in [0.25, 0.3) is 0 Å². The van der Waals surface area contributed by atoms with Gasteiger partial charge in [-0.3, -0.25) is 0 Å². The number of ether oxygens (including phenoxy) is 1. The highest BCUT2D eigenvalue weighted by Gasteiger charge is 2.37. The van der Waals surface area contributed by atoms with E-state index in [0.717, 1.165) is 17.7 Å². The van der Waals surface area contributed by atoms with Gasteiger partial charge in [-0.1, -0.05) is 0 Å². The van der Waals surface area contributed by atoms with Crippen molar-refractivity contribution in [3.05, 3.63) is 35.5 Å². The Bertz CT molecular complexity index is 1180. The van der Waals surface area contributed by atoms with Crippen molar-refractivity contribution in [2.24, 2.45) is 0 Å². The zero-order valence-electron chi connectivity index (χ0n) is 21.7. The summed E-state index contributed by atoms with van der Waals surface area (Å²) in [5, 5.41) is 9.13. The van der Waals surface area contributed by atoms with Gasteiger partial charge < -0.3 is 29.4 Å². The molecular weight excluding hydrogens is 520 g/mol. The first kappa shape index (κ1) is 27.2. The largest absolute Gasteiger partial charge is 0.478 e. The number of rotatable bonds is 5. The van der Waals surface area contributed by atoms with Crippen LogP contribution in [0.4, 0.5) is 40.7 Å². The number of hydrogen-bond acceptors (Lipinski definition) is 8. The second-order valence-electron chi connectivity index (χ2n) is 10.2. The van der Waals surface area contributed by atoms with Crippen LogP contribution in [0.5, 0.6) is 0 Å². The van der Waals surface area contributed by atoms with Crippen LogP contribution >= 0.6 is 0 Å². The third-order valence-corrected chi connectivity index (χ3v) is 7.56. The van der Waals surface area contributed by atoms with Crippen molar-refractivity contribution in [2.45, 2.75) is 38.2 Å². The quantitative estimate of drug-likeness (QED) is 0.559. The highest BCUT2D eigenvalue weighted by Crippen LogP contribution is 2.37. The van der Waals surface area contributed by atoms with Crippen LogP contribution in [0.15, 0.2) is 24.4 Å². The first-order valence-electron chi connectivity index (χ1n) is 13.2. The van der Waals surface area contributed by atoms with E-state index >= 15 is 0 Å². The normalized spacial score (nSPS) is 21.4. The van der Waals surface area contributed by atoms with E-state index in [0.29, 0.717) is 70.7 Å². The van der Waals surface area contributed by atoms with E-state index in [1.165, 1.54) is 4.90 Å². The van der Waals surface area contributed by atoms with Gasteiger partial charge in [0, 0.05) is 69.8 Å². The minimum Gasteiger partial charge on any atom is -0.478 e. The van der Waals surface area contributed by atoms with E-state index < -0.39 is 29.4 Å². The second kappa shape index (κ2) is 11.0. The number of pyridine rings is 2. The topological polar surface area (TPSA) is 85.3 Å². The zero-order valence-corrected chi connectivity index (χ0v) is 21.7. The SMILES string of the molecule is C[C@@H]1COCCN1c1cc(N2CCC(F)CC2)cc(N2CCN(c3ncc(C(=O)O)cc3C(F)(F)F)CC2)n1. The molecule has 39 heavy (non-hydrogen) atoms. The van der Waals surface area contributed by atoms with Gasteiger partial charge >= 0.3 is 12.1 Å². The first-order chi connectivity index (χ1) is 18.6. The molecule has 13 heteroatoms. The average Bonchev–Trinajstić information content (AvgIpc) is 2.93. The van der Waals surface area contributed by atoms with Gasteiger partial charge in [0.2, 0.25) is 0 Å². The van der Waals surface area contributed by atoms with E-state index in [2.05, 4.69) is 21.7 Å². The number of aromatic carboxylic acids is 1. The molecule has 2 aromatic rings. The maximum atomic E-state index is 13.8. The molecule has 2 aromatic heterocycles. The summed E-state index contributed by atoms with van der Waals surface area (Å²) in [6.45, 7) is 6.47. The molecule has 1 N–H and O–H groups in total. The Morgan fingerprint density at radius 2 is 1.64 bits per heavy atom. The number of anilines is 4. The molecule has 0 radical (unpaired) electrons. The molecular formula is C26H32F4N6O3. The first-order valence-corrected chi connectivity index (χ1v) is 13.2. The van der Waals surface area contributed by atoms with Gasteiger partial charge in [-0.25, -0.2) is 19.2 Å². The molecule has 3 aliphatic heterocycles. The number of carbonyl (C=O) groups is 1. The smallest absolute Gasteiger partial charge is 0.419 e. The molecule has 5 heterocycles. The number of piperidine rings is 1. The van der Waals surface area contributed by atoms with Crippen LogP contribution in [-0.4, -0.2) is 92.3 Å². The number of carboxylic acid groups (broad SMARTS) is 1. The Hall–Kier alpha value is -3.35. The minimum atomic E-state index is -4.74. The van der Waals surface area contributed by atoms with Crippen LogP contribution in [0.2, 0.25) is 0 Å². The van der Waals surface area contributed by atoms with Crippen molar-refractivity contribution < 1.29 is 32.2 Å². The third kappa shape index (κ3) is 5.97. The maximum absolute atomic E-state index is 13.8. The van der Waals surface area contributed by atoms with E-state index in [1.807, 2.05) is 17.0 Å². The van der Waals surface area contributed by atoms with Crippen LogP contribution in [0.1, 0.15) is 35.7 Å². The molecule has 9 nitrogen and oxygen atoms in total. The van der Waals surface area contributed by atoms with E-state index in [1.54, 1.807) is 0 Å². The molecule has 0 bridgehead atoms. The summed E-state index contributed by atoms with van der Waals surface area (Å²) in [6, 6.07) is 4.77. The van der Waals surface area contributed by atoms with Gasteiger partial charge in [0.15, 0.2) is 0 Å². The standard InChI is InChI=1S/C26H32F4N6O3/c1-17-16-39-11-10-36(17)23-14-20(33-4-2-19(27)3-5-33)13-22(32-23)34-6-8-35(9-7-34)24-21(26(28,29)30)12-18(15-31-24)25(37)38/h12-15,17,19H,2-11,16H2,1H3,(H,37,38)/t17-/m1/s1. The fourth-order valence-corrected chi connectivity index (χ4v) is 5.34. The molecule has 212 valence electrons. The lowest BCUT2D eigenvalue weighted by atomic mass is 10.1. The van der Waals surface area contributed by atoms with E-state index in [4.69, 9.17) is 14.8 Å². The van der Waals surface area contributed by atoms with E-state index in [9.17, 15) is 22.4 Å². The molecule has 3 saturated heterocycles. The fourth-order valence-electron chi connectivity index (χ4n) is 5.34. The van der Waals surface area contributed by atoms with Crippen LogP contribution in [0.3, 0.4) is 0 Å². The lowest BCUT2D eigenvalue weighted by Crippen LogP contribution is -2.48. The number of carboxylic acids is 1. The highest BCUT2D eigenvalue weighted by atomic mass is 19.4. The monoisotopic (exact) mass is 552 g/mol. The molecule has 0 aliphatic carbocycles. The Balaban J connectivity index is 1.39. The molecule has 1 atom stereocenters. The van der Waals surface area contributed by atoms with Crippen LogP contribution < -0.4 is 19.6 Å². The van der Waals surface area contributed by atoms with Gasteiger partial charge in [-0.2, -0.15) is 13.2 Å². The predicted octanol–water partition coefficient (Wildman–Crippen LogP) is 3.68. The Kier molecular flexibility index (Phi) is 7.70. The molecule has 0 spiro atoms. The average molecular weight is 553 g/mol. The number of aromatic nitrogens is 2. The van der Waals surface area contributed by atoms with Crippen molar-refractivity contribution in [1.82, 2.24) is 9.97 Å². The van der Waals surface area contributed by atoms with Gasteiger partial charge in [-0.05, 0) is 25.8 Å². The maximum Gasteiger partial charge on any atom is 0.419 e. The Morgan fingerprint density at radius 1 is 0.974 bits per heavy atom. The van der Waals surface area contributed by atoms with E-state index in [-0.39, 0.29) is 24.9 Å². The molecule has 0 saturated carbocycles. The Morgan fingerprint density at radius 3 is 2.28 bits per heavy atom. The molecule has 3 aliphatic rings. The van der Waals surface area contributed by atoms with Gasteiger partial charge in [-0.15, -0.1) is 0 Å². The molecule has 3 fully saturated rings. The number of morpholine rings is 1. The predicted molar refractivity (Wildman–Crippen MR) is 139 cm³/mol. The van der Waals surface area contributed by atoms with Gasteiger partial charge in [0.1, 0.15) is 23.6 Å². The summed E-state index contributed by atoms with van der Waals surface area (Å²) in [5.74, 6) is -0.218. The minimum absolute atomic E-state index is 0.128. The number of hydrogen-bond donors (Lipinski definition) is 1. The van der Waals surface area contributed by atoms with Crippen LogP contribution in [0, 0.1) is 0 Å². The number of piperazine rings is 1. The summed E-state index contributed by atoms with van der Waals surface area (Å²) >= 11 is 0. The Labute approximate surface area is 224 Å².